The number of imidazole rings is 1. The number of amides is 2. The fraction of sp³-hybridized carbons (Fsp3) is 0.400. The minimum absolute atomic E-state index is 0.0596. The molecule has 2 N–H and O–H groups in total. The van der Waals surface area contributed by atoms with E-state index < -0.39 is 0 Å². The van der Waals surface area contributed by atoms with E-state index >= 15 is 0 Å². The molecule has 0 fully saturated rings. The number of carbonyl (C=O) groups excluding carboxylic acids is 2. The summed E-state index contributed by atoms with van der Waals surface area (Å²) in [6.45, 7) is 7.63. The molecule has 0 aliphatic carbocycles. The third-order valence-electron chi connectivity index (χ3n) is 5.22. The molecule has 1 aromatic carbocycles. The van der Waals surface area contributed by atoms with Gasteiger partial charge in [0.15, 0.2) is 0 Å². The van der Waals surface area contributed by atoms with Crippen LogP contribution in [-0.4, -0.2) is 34.3 Å². The van der Waals surface area contributed by atoms with Gasteiger partial charge in [-0.05, 0) is 36.5 Å². The van der Waals surface area contributed by atoms with Crippen LogP contribution in [0.15, 0.2) is 54.7 Å². The van der Waals surface area contributed by atoms with E-state index in [0.29, 0.717) is 36.0 Å². The molecule has 2 aromatic heterocycles. The zero-order chi connectivity index (χ0) is 22.2. The van der Waals surface area contributed by atoms with Crippen molar-refractivity contribution in [1.29, 1.82) is 0 Å². The molecule has 2 heterocycles. The van der Waals surface area contributed by atoms with E-state index in [1.165, 1.54) is 5.56 Å². The normalized spacial score (nSPS) is 12.1. The highest BCUT2D eigenvalue weighted by Crippen LogP contribution is 2.23. The largest absolute Gasteiger partial charge is 0.356 e. The number of rotatable bonds is 10. The van der Waals surface area contributed by atoms with E-state index in [1.807, 2.05) is 37.3 Å². The van der Waals surface area contributed by atoms with Crippen molar-refractivity contribution >= 4 is 17.5 Å². The smallest absolute Gasteiger partial charge is 0.268 e. The van der Waals surface area contributed by atoms with Crippen molar-refractivity contribution in [2.45, 2.75) is 46.0 Å². The number of hydrogen-bond donors (Lipinski definition) is 2. The van der Waals surface area contributed by atoms with E-state index in [0.717, 1.165) is 12.8 Å². The second-order valence-electron chi connectivity index (χ2n) is 8.35. The summed E-state index contributed by atoms with van der Waals surface area (Å²) in [5.41, 5.74) is 3.06. The van der Waals surface area contributed by atoms with Crippen LogP contribution in [0.1, 0.15) is 61.3 Å². The summed E-state index contributed by atoms with van der Waals surface area (Å²) in [4.78, 5) is 29.5. The number of benzene rings is 1. The molecule has 1 unspecified atom stereocenters. The van der Waals surface area contributed by atoms with E-state index in [-0.39, 0.29) is 24.2 Å². The lowest BCUT2D eigenvalue weighted by Crippen LogP contribution is -2.30. The molecule has 6 nitrogen and oxygen atoms in total. The van der Waals surface area contributed by atoms with Crippen molar-refractivity contribution < 1.29 is 9.59 Å². The molecule has 3 aromatic rings. The van der Waals surface area contributed by atoms with E-state index in [4.69, 9.17) is 0 Å². The first-order valence-corrected chi connectivity index (χ1v) is 11.0. The molecule has 164 valence electrons. The van der Waals surface area contributed by atoms with Crippen LogP contribution in [0.25, 0.3) is 5.65 Å². The molecule has 0 radical (unpaired) electrons. The van der Waals surface area contributed by atoms with Crippen molar-refractivity contribution in [1.82, 2.24) is 20.0 Å². The van der Waals surface area contributed by atoms with Crippen LogP contribution in [0.5, 0.6) is 0 Å². The summed E-state index contributed by atoms with van der Waals surface area (Å²) in [6.07, 6.45) is 3.87. The summed E-state index contributed by atoms with van der Waals surface area (Å²) in [7, 11) is 0. The maximum absolute atomic E-state index is 13.0. The standard InChI is InChI=1S/C25H32N4O2/c1-4-13-26-24(30)15-21-17-29-22(11-8-12-23(29)28-21)25(31)27-16-20(14-18(2)3)19-9-6-5-7-10-19/h5-12,17-18,20H,4,13-16H2,1-3H3,(H,26,30)(H,27,31). The molecule has 1 atom stereocenters. The van der Waals surface area contributed by atoms with Gasteiger partial charge >= 0.3 is 0 Å². The average Bonchev–Trinajstić information content (AvgIpc) is 3.17. The summed E-state index contributed by atoms with van der Waals surface area (Å²) in [6, 6.07) is 15.8. The molecule has 0 aliphatic heterocycles. The maximum atomic E-state index is 13.0. The zero-order valence-corrected chi connectivity index (χ0v) is 18.6. The molecule has 2 amide bonds. The first kappa shape index (κ1) is 22.5. The van der Waals surface area contributed by atoms with Crippen LogP contribution in [0.2, 0.25) is 0 Å². The van der Waals surface area contributed by atoms with Crippen LogP contribution in [0, 0.1) is 5.92 Å². The summed E-state index contributed by atoms with van der Waals surface area (Å²) in [5.74, 6) is 0.580. The quantitative estimate of drug-likeness (QED) is 0.521. The van der Waals surface area contributed by atoms with Crippen molar-refractivity contribution in [3.05, 3.63) is 71.7 Å². The van der Waals surface area contributed by atoms with Crippen molar-refractivity contribution in [3.8, 4) is 0 Å². The third-order valence-corrected chi connectivity index (χ3v) is 5.22. The van der Waals surface area contributed by atoms with Gasteiger partial charge in [-0.25, -0.2) is 4.98 Å². The van der Waals surface area contributed by atoms with Crippen LogP contribution in [0.4, 0.5) is 0 Å². The molecule has 0 aliphatic rings. The second-order valence-corrected chi connectivity index (χ2v) is 8.35. The molecule has 0 bridgehead atoms. The molecule has 31 heavy (non-hydrogen) atoms. The lowest BCUT2D eigenvalue weighted by molar-refractivity contribution is -0.120. The Labute approximate surface area is 184 Å². The van der Waals surface area contributed by atoms with Gasteiger partial charge in [0.2, 0.25) is 5.91 Å². The number of aromatic nitrogens is 2. The fourth-order valence-electron chi connectivity index (χ4n) is 3.76. The molecule has 0 spiro atoms. The number of nitrogens with one attached hydrogen (secondary N) is 2. The molecular weight excluding hydrogens is 388 g/mol. The van der Waals surface area contributed by atoms with Crippen molar-refractivity contribution in [2.24, 2.45) is 5.92 Å². The van der Waals surface area contributed by atoms with Gasteiger partial charge in [-0.15, -0.1) is 0 Å². The topological polar surface area (TPSA) is 75.5 Å². The lowest BCUT2D eigenvalue weighted by Gasteiger charge is -2.20. The van der Waals surface area contributed by atoms with E-state index in [1.54, 1.807) is 16.7 Å². The SMILES string of the molecule is CCCNC(=O)Cc1cn2c(C(=O)NCC(CC(C)C)c3ccccc3)cccc2n1. The average molecular weight is 421 g/mol. The van der Waals surface area contributed by atoms with Gasteiger partial charge in [-0.1, -0.05) is 57.2 Å². The number of nitrogens with zero attached hydrogens (tertiary/aromatic N) is 2. The van der Waals surface area contributed by atoms with Gasteiger partial charge in [-0.2, -0.15) is 0 Å². The first-order chi connectivity index (χ1) is 15.0. The van der Waals surface area contributed by atoms with Crippen LogP contribution in [0.3, 0.4) is 0 Å². The molecule has 0 saturated heterocycles. The first-order valence-electron chi connectivity index (χ1n) is 11.0. The van der Waals surface area contributed by atoms with Crippen molar-refractivity contribution in [2.75, 3.05) is 13.1 Å². The third kappa shape index (κ3) is 6.17. The predicted molar refractivity (Wildman–Crippen MR) is 123 cm³/mol. The Morgan fingerprint density at radius 3 is 2.52 bits per heavy atom. The summed E-state index contributed by atoms with van der Waals surface area (Å²) < 4.78 is 1.76. The number of pyridine rings is 1. The zero-order valence-electron chi connectivity index (χ0n) is 18.6. The summed E-state index contributed by atoms with van der Waals surface area (Å²) in [5, 5.41) is 5.97. The van der Waals surface area contributed by atoms with E-state index in [9.17, 15) is 9.59 Å². The lowest BCUT2D eigenvalue weighted by atomic mass is 9.90. The molecular formula is C25H32N4O2. The Morgan fingerprint density at radius 1 is 1.03 bits per heavy atom. The highest BCUT2D eigenvalue weighted by Gasteiger charge is 2.17. The van der Waals surface area contributed by atoms with Gasteiger partial charge in [0.05, 0.1) is 12.1 Å². The van der Waals surface area contributed by atoms with Gasteiger partial charge < -0.3 is 10.6 Å². The Balaban J connectivity index is 1.73. The monoisotopic (exact) mass is 420 g/mol. The van der Waals surface area contributed by atoms with Gasteiger partial charge in [-0.3, -0.25) is 14.0 Å². The minimum atomic E-state index is -0.144. The Morgan fingerprint density at radius 2 is 1.81 bits per heavy atom. The highest BCUT2D eigenvalue weighted by molar-refractivity contribution is 5.93. The van der Waals surface area contributed by atoms with Crippen LogP contribution >= 0.6 is 0 Å². The number of hydrogen-bond acceptors (Lipinski definition) is 3. The summed E-state index contributed by atoms with van der Waals surface area (Å²) >= 11 is 0. The Bertz CT molecular complexity index is 1010. The maximum Gasteiger partial charge on any atom is 0.268 e. The number of fused-ring (bicyclic) bond motifs is 1. The van der Waals surface area contributed by atoms with Gasteiger partial charge in [0.25, 0.3) is 5.91 Å². The van der Waals surface area contributed by atoms with E-state index in [2.05, 4.69) is 41.6 Å². The van der Waals surface area contributed by atoms with Gasteiger partial charge in [0, 0.05) is 25.2 Å². The second kappa shape index (κ2) is 10.8. The highest BCUT2D eigenvalue weighted by atomic mass is 16.2. The van der Waals surface area contributed by atoms with Gasteiger partial charge in [0.1, 0.15) is 11.3 Å². The Hall–Kier alpha value is -3.15. The number of carbonyl (C=O) groups is 2. The van der Waals surface area contributed by atoms with Crippen molar-refractivity contribution in [3.63, 3.8) is 0 Å². The predicted octanol–water partition coefficient (Wildman–Crippen LogP) is 3.96. The molecule has 0 saturated carbocycles. The molecule has 6 heteroatoms. The van der Waals surface area contributed by atoms with Crippen LogP contribution in [-0.2, 0) is 11.2 Å². The minimum Gasteiger partial charge on any atom is -0.356 e. The van der Waals surface area contributed by atoms with Crippen LogP contribution < -0.4 is 10.6 Å². The fourth-order valence-corrected chi connectivity index (χ4v) is 3.76. The Kier molecular flexibility index (Phi) is 7.82. The molecule has 3 rings (SSSR count).